The number of thiazole rings is 1. The van der Waals surface area contributed by atoms with Crippen molar-refractivity contribution < 1.29 is 9.59 Å². The summed E-state index contributed by atoms with van der Waals surface area (Å²) in [7, 11) is 0. The number of carbonyl (C=O) groups excluding carboxylic acids is 2. The molecule has 1 saturated carbocycles. The van der Waals surface area contributed by atoms with Crippen molar-refractivity contribution in [2.45, 2.75) is 58.9 Å². The lowest BCUT2D eigenvalue weighted by Crippen LogP contribution is -2.46. The Morgan fingerprint density at radius 1 is 1.18 bits per heavy atom. The molecule has 2 fully saturated rings. The smallest absolute Gasteiger partial charge is 0.274 e. The van der Waals surface area contributed by atoms with Gasteiger partial charge in [-0.15, -0.1) is 11.3 Å². The molecule has 1 aliphatic heterocycles. The van der Waals surface area contributed by atoms with Gasteiger partial charge >= 0.3 is 0 Å². The molecule has 2 aliphatic rings. The molecule has 3 heterocycles. The van der Waals surface area contributed by atoms with Gasteiger partial charge in [-0.05, 0) is 62.7 Å². The number of hydrogen-bond acceptors (Lipinski definition) is 5. The van der Waals surface area contributed by atoms with E-state index in [2.05, 4.69) is 23.3 Å². The van der Waals surface area contributed by atoms with Crippen LogP contribution in [0.3, 0.4) is 0 Å². The number of aryl methyl sites for hydroxylation is 1. The molecule has 0 radical (unpaired) electrons. The molecule has 1 aliphatic carbocycles. The molecule has 1 aromatic carbocycles. The maximum Gasteiger partial charge on any atom is 0.274 e. The molecule has 3 aromatic rings. The summed E-state index contributed by atoms with van der Waals surface area (Å²) in [6.07, 6.45) is 13.3. The van der Waals surface area contributed by atoms with Crippen LogP contribution in [0.1, 0.15) is 76.7 Å². The number of fused-ring (bicyclic) bond motifs is 2. The second-order valence-electron chi connectivity index (χ2n) is 10.3. The van der Waals surface area contributed by atoms with Crippen LogP contribution in [0, 0.1) is 18.8 Å². The van der Waals surface area contributed by atoms with Crippen LogP contribution >= 0.6 is 11.3 Å². The highest BCUT2D eigenvalue weighted by Gasteiger charge is 2.45. The largest absolute Gasteiger partial charge is 0.350 e. The number of para-hydroxylation sites is 1. The Kier molecular flexibility index (Phi) is 8.03. The number of rotatable bonds is 7. The third kappa shape index (κ3) is 5.17. The SMILES string of the molecule is CC=CC=C(CC)c1sc(C)nc1C(=O)N1CC2CCCCC2C1CNC(=O)c1cccc2cccnc12. The number of likely N-dealkylation sites (tertiary alicyclic amines) is 1. The summed E-state index contributed by atoms with van der Waals surface area (Å²) in [5, 5.41) is 5.01. The Labute approximate surface area is 228 Å². The van der Waals surface area contributed by atoms with Crippen LogP contribution in [-0.4, -0.2) is 45.8 Å². The number of hydrogen-bond donors (Lipinski definition) is 1. The topological polar surface area (TPSA) is 75.2 Å². The summed E-state index contributed by atoms with van der Waals surface area (Å²) in [4.78, 5) is 39.6. The molecule has 5 rings (SSSR count). The quantitative estimate of drug-likeness (QED) is 0.359. The highest BCUT2D eigenvalue weighted by molar-refractivity contribution is 7.13. The molecule has 2 amide bonds. The summed E-state index contributed by atoms with van der Waals surface area (Å²) >= 11 is 1.59. The van der Waals surface area contributed by atoms with Crippen molar-refractivity contribution in [2.24, 2.45) is 11.8 Å². The second-order valence-corrected chi connectivity index (χ2v) is 11.5. The number of carbonyl (C=O) groups is 2. The zero-order valence-corrected chi connectivity index (χ0v) is 23.3. The number of allylic oxidation sites excluding steroid dienone is 4. The minimum Gasteiger partial charge on any atom is -0.350 e. The highest BCUT2D eigenvalue weighted by atomic mass is 32.1. The van der Waals surface area contributed by atoms with Gasteiger partial charge < -0.3 is 10.2 Å². The first-order valence-electron chi connectivity index (χ1n) is 13.7. The van der Waals surface area contributed by atoms with Gasteiger partial charge in [0.15, 0.2) is 0 Å². The highest BCUT2D eigenvalue weighted by Crippen LogP contribution is 2.41. The van der Waals surface area contributed by atoms with Gasteiger partial charge in [-0.2, -0.15) is 0 Å². The van der Waals surface area contributed by atoms with Crippen LogP contribution < -0.4 is 5.32 Å². The average Bonchev–Trinajstić information content (AvgIpc) is 3.52. The molecule has 2 aromatic heterocycles. The van der Waals surface area contributed by atoms with Crippen molar-refractivity contribution in [3.63, 3.8) is 0 Å². The van der Waals surface area contributed by atoms with Crippen molar-refractivity contribution in [1.82, 2.24) is 20.2 Å². The predicted molar refractivity (Wildman–Crippen MR) is 154 cm³/mol. The minimum atomic E-state index is -0.145. The molecular formula is C31H36N4O2S. The van der Waals surface area contributed by atoms with E-state index in [1.54, 1.807) is 17.5 Å². The molecule has 3 unspecified atom stereocenters. The van der Waals surface area contributed by atoms with E-state index in [1.165, 1.54) is 12.8 Å². The summed E-state index contributed by atoms with van der Waals surface area (Å²) in [5.74, 6) is 0.714. The van der Waals surface area contributed by atoms with E-state index in [1.807, 2.05) is 61.2 Å². The normalized spacial score (nSPS) is 21.7. The lowest BCUT2D eigenvalue weighted by molar-refractivity contribution is 0.0698. The van der Waals surface area contributed by atoms with Crippen LogP contribution in [-0.2, 0) is 0 Å². The van der Waals surface area contributed by atoms with E-state index in [9.17, 15) is 9.59 Å². The van der Waals surface area contributed by atoms with Gasteiger partial charge in [0.2, 0.25) is 0 Å². The molecule has 0 bridgehead atoms. The summed E-state index contributed by atoms with van der Waals surface area (Å²) in [6, 6.07) is 9.47. The van der Waals surface area contributed by atoms with E-state index in [4.69, 9.17) is 4.98 Å². The van der Waals surface area contributed by atoms with Crippen LogP contribution in [0.2, 0.25) is 0 Å². The number of benzene rings is 1. The van der Waals surface area contributed by atoms with Crippen LogP contribution in [0.5, 0.6) is 0 Å². The first kappa shape index (κ1) is 26.3. The standard InChI is InChI=1S/C31H36N4O2S/c1-4-6-11-21(5-2)29-28(34-20(3)38-29)31(37)35-19-23-12-7-8-15-24(23)26(35)18-33-30(36)25-16-9-13-22-14-10-17-32-27(22)25/h4,6,9-11,13-14,16-17,23-24,26H,5,7-8,12,15,18-19H2,1-3H3,(H,33,36). The fourth-order valence-corrected chi connectivity index (χ4v) is 7.16. The van der Waals surface area contributed by atoms with Crippen LogP contribution in [0.4, 0.5) is 0 Å². The third-order valence-electron chi connectivity index (χ3n) is 8.00. The maximum absolute atomic E-state index is 14.1. The lowest BCUT2D eigenvalue weighted by Gasteiger charge is -2.30. The van der Waals surface area contributed by atoms with Gasteiger partial charge in [0, 0.05) is 24.7 Å². The fraction of sp³-hybridized carbons (Fsp3) is 0.419. The predicted octanol–water partition coefficient (Wildman–Crippen LogP) is 6.43. The van der Waals surface area contributed by atoms with Gasteiger partial charge in [0.1, 0.15) is 5.69 Å². The van der Waals surface area contributed by atoms with Crippen LogP contribution in [0.15, 0.2) is 54.8 Å². The fourth-order valence-electron chi connectivity index (χ4n) is 6.16. The van der Waals surface area contributed by atoms with Crippen molar-refractivity contribution in [3.05, 3.63) is 75.9 Å². The number of nitrogens with one attached hydrogen (secondary N) is 1. The van der Waals surface area contributed by atoms with E-state index in [0.717, 1.165) is 46.7 Å². The van der Waals surface area contributed by atoms with Crippen molar-refractivity contribution in [1.29, 1.82) is 0 Å². The molecule has 0 spiro atoms. The molecule has 1 N–H and O–H groups in total. The molecule has 3 atom stereocenters. The molecular weight excluding hydrogens is 492 g/mol. The molecule has 198 valence electrons. The van der Waals surface area contributed by atoms with Gasteiger partial charge in [0.25, 0.3) is 11.8 Å². The second kappa shape index (κ2) is 11.6. The zero-order valence-electron chi connectivity index (χ0n) is 22.4. The number of amides is 2. The third-order valence-corrected chi connectivity index (χ3v) is 9.05. The lowest BCUT2D eigenvalue weighted by atomic mass is 9.78. The number of nitrogens with zero attached hydrogens (tertiary/aromatic N) is 3. The van der Waals surface area contributed by atoms with Crippen molar-refractivity contribution in [2.75, 3.05) is 13.1 Å². The van der Waals surface area contributed by atoms with Gasteiger partial charge in [0.05, 0.1) is 27.0 Å². The molecule has 6 nitrogen and oxygen atoms in total. The van der Waals surface area contributed by atoms with E-state index >= 15 is 0 Å². The van der Waals surface area contributed by atoms with Gasteiger partial charge in [-0.3, -0.25) is 14.6 Å². The van der Waals surface area contributed by atoms with Gasteiger partial charge in [-0.25, -0.2) is 4.98 Å². The number of aromatic nitrogens is 2. The maximum atomic E-state index is 14.1. The summed E-state index contributed by atoms with van der Waals surface area (Å²) in [6.45, 7) is 7.24. The molecule has 7 heteroatoms. The first-order valence-corrected chi connectivity index (χ1v) is 14.6. The summed E-state index contributed by atoms with van der Waals surface area (Å²) in [5.41, 5.74) is 2.95. The Morgan fingerprint density at radius 2 is 2.00 bits per heavy atom. The van der Waals surface area contributed by atoms with Crippen molar-refractivity contribution in [3.8, 4) is 0 Å². The van der Waals surface area contributed by atoms with E-state index in [0.29, 0.717) is 35.2 Å². The Bertz CT molecular complexity index is 1390. The first-order chi connectivity index (χ1) is 18.5. The van der Waals surface area contributed by atoms with E-state index < -0.39 is 0 Å². The molecule has 1 saturated heterocycles. The summed E-state index contributed by atoms with van der Waals surface area (Å²) < 4.78 is 0. The van der Waals surface area contributed by atoms with Crippen molar-refractivity contribution >= 4 is 39.6 Å². The Balaban J connectivity index is 1.42. The zero-order chi connectivity index (χ0) is 26.6. The Morgan fingerprint density at radius 3 is 2.82 bits per heavy atom. The van der Waals surface area contributed by atoms with Gasteiger partial charge in [-0.1, -0.05) is 56.2 Å². The monoisotopic (exact) mass is 528 g/mol. The van der Waals surface area contributed by atoms with Crippen LogP contribution in [0.25, 0.3) is 16.5 Å². The average molecular weight is 529 g/mol. The molecule has 38 heavy (non-hydrogen) atoms. The van der Waals surface area contributed by atoms with E-state index in [-0.39, 0.29) is 17.9 Å². The minimum absolute atomic E-state index is 0.00958. The Hall–Kier alpha value is -3.32. The number of pyridine rings is 1.